The van der Waals surface area contributed by atoms with Crippen LogP contribution in [0.5, 0.6) is 0 Å². The van der Waals surface area contributed by atoms with Crippen molar-refractivity contribution in [2.75, 3.05) is 14.1 Å². The van der Waals surface area contributed by atoms with Gasteiger partial charge >= 0.3 is 0 Å². The van der Waals surface area contributed by atoms with Gasteiger partial charge in [0, 0.05) is 43.8 Å². The minimum atomic E-state index is -0.128. The van der Waals surface area contributed by atoms with Crippen molar-refractivity contribution in [1.82, 2.24) is 19.9 Å². The highest BCUT2D eigenvalue weighted by molar-refractivity contribution is 5.99. The van der Waals surface area contributed by atoms with Crippen LogP contribution in [0.2, 0.25) is 0 Å². The van der Waals surface area contributed by atoms with E-state index in [0.29, 0.717) is 17.1 Å². The number of hydrogen-bond acceptors (Lipinski definition) is 4. The molecule has 0 unspecified atom stereocenters. The van der Waals surface area contributed by atoms with Crippen LogP contribution in [0, 0.1) is 6.92 Å². The molecule has 0 N–H and O–H groups in total. The Morgan fingerprint density at radius 2 is 1.62 bits per heavy atom. The van der Waals surface area contributed by atoms with Gasteiger partial charge < -0.3 is 4.90 Å². The third kappa shape index (κ3) is 3.15. The van der Waals surface area contributed by atoms with Crippen molar-refractivity contribution in [2.24, 2.45) is 0 Å². The standard InChI is InChI=1S/C19H18N4O/c1-13-4-6-15(7-5-13)18-21-12-16(19(24)23(2)3)17(22-18)14-8-10-20-11-9-14/h4-12H,1-3H3. The van der Waals surface area contributed by atoms with E-state index in [-0.39, 0.29) is 5.91 Å². The molecule has 3 aromatic rings. The lowest BCUT2D eigenvalue weighted by atomic mass is 10.1. The normalized spacial score (nSPS) is 10.5. The summed E-state index contributed by atoms with van der Waals surface area (Å²) in [7, 11) is 3.43. The van der Waals surface area contributed by atoms with Gasteiger partial charge in [-0.1, -0.05) is 29.8 Å². The maximum atomic E-state index is 12.5. The van der Waals surface area contributed by atoms with Gasteiger partial charge in [-0.05, 0) is 19.1 Å². The Balaban J connectivity index is 2.16. The van der Waals surface area contributed by atoms with E-state index in [1.807, 2.05) is 43.3 Å². The molecule has 0 atom stereocenters. The Labute approximate surface area is 141 Å². The summed E-state index contributed by atoms with van der Waals surface area (Å²) in [5.74, 6) is 0.467. The van der Waals surface area contributed by atoms with Crippen LogP contribution in [0.25, 0.3) is 22.6 Å². The molecule has 1 amide bonds. The summed E-state index contributed by atoms with van der Waals surface area (Å²) in [6, 6.07) is 11.7. The first kappa shape index (κ1) is 15.8. The van der Waals surface area contributed by atoms with E-state index < -0.39 is 0 Å². The Bertz CT molecular complexity index is 858. The van der Waals surface area contributed by atoms with E-state index in [1.54, 1.807) is 32.7 Å². The molecule has 0 aliphatic heterocycles. The fraction of sp³-hybridized carbons (Fsp3) is 0.158. The van der Waals surface area contributed by atoms with Crippen molar-refractivity contribution in [1.29, 1.82) is 0 Å². The summed E-state index contributed by atoms with van der Waals surface area (Å²) < 4.78 is 0. The molecular formula is C19H18N4O. The predicted molar refractivity (Wildman–Crippen MR) is 93.5 cm³/mol. The second-order valence-corrected chi connectivity index (χ2v) is 5.76. The lowest BCUT2D eigenvalue weighted by molar-refractivity contribution is 0.0827. The Hall–Kier alpha value is -3.08. The van der Waals surface area contributed by atoms with Crippen molar-refractivity contribution < 1.29 is 4.79 Å². The topological polar surface area (TPSA) is 59.0 Å². The van der Waals surface area contributed by atoms with E-state index >= 15 is 0 Å². The Morgan fingerprint density at radius 3 is 2.25 bits per heavy atom. The largest absolute Gasteiger partial charge is 0.345 e. The monoisotopic (exact) mass is 318 g/mol. The smallest absolute Gasteiger partial charge is 0.257 e. The maximum absolute atomic E-state index is 12.5. The van der Waals surface area contributed by atoms with E-state index in [1.165, 1.54) is 10.5 Å². The van der Waals surface area contributed by atoms with Gasteiger partial charge in [0.1, 0.15) is 0 Å². The highest BCUT2D eigenvalue weighted by Crippen LogP contribution is 2.25. The molecule has 2 heterocycles. The first-order valence-electron chi connectivity index (χ1n) is 7.62. The molecule has 120 valence electrons. The Kier molecular flexibility index (Phi) is 4.33. The molecule has 3 rings (SSSR count). The molecular weight excluding hydrogens is 300 g/mol. The van der Waals surface area contributed by atoms with Gasteiger partial charge in [0.2, 0.25) is 0 Å². The third-order valence-electron chi connectivity index (χ3n) is 3.69. The number of carbonyl (C=O) groups excluding carboxylic acids is 1. The SMILES string of the molecule is Cc1ccc(-c2ncc(C(=O)N(C)C)c(-c3ccncc3)n2)cc1. The minimum absolute atomic E-state index is 0.128. The molecule has 0 aliphatic rings. The summed E-state index contributed by atoms with van der Waals surface area (Å²) in [4.78, 5) is 27.1. The van der Waals surface area contributed by atoms with Crippen LogP contribution in [0.1, 0.15) is 15.9 Å². The zero-order chi connectivity index (χ0) is 17.1. The van der Waals surface area contributed by atoms with E-state index in [4.69, 9.17) is 0 Å². The zero-order valence-corrected chi connectivity index (χ0v) is 13.9. The third-order valence-corrected chi connectivity index (χ3v) is 3.69. The summed E-state index contributed by atoms with van der Waals surface area (Å²) >= 11 is 0. The summed E-state index contributed by atoms with van der Waals surface area (Å²) in [6.07, 6.45) is 4.97. The highest BCUT2D eigenvalue weighted by Gasteiger charge is 2.18. The van der Waals surface area contributed by atoms with E-state index in [2.05, 4.69) is 15.0 Å². The van der Waals surface area contributed by atoms with Crippen LogP contribution in [0.4, 0.5) is 0 Å². The number of hydrogen-bond donors (Lipinski definition) is 0. The van der Waals surface area contributed by atoms with Gasteiger partial charge in [0.05, 0.1) is 11.3 Å². The molecule has 0 radical (unpaired) electrons. The van der Waals surface area contributed by atoms with Crippen molar-refractivity contribution in [3.8, 4) is 22.6 Å². The second kappa shape index (κ2) is 6.58. The van der Waals surface area contributed by atoms with Crippen LogP contribution >= 0.6 is 0 Å². The summed E-state index contributed by atoms with van der Waals surface area (Å²) in [5.41, 5.74) is 4.02. The van der Waals surface area contributed by atoms with Crippen LogP contribution in [0.3, 0.4) is 0 Å². The second-order valence-electron chi connectivity index (χ2n) is 5.76. The number of carbonyl (C=O) groups is 1. The lowest BCUT2D eigenvalue weighted by Gasteiger charge is -2.14. The zero-order valence-electron chi connectivity index (χ0n) is 13.9. The fourth-order valence-electron chi connectivity index (χ4n) is 2.35. The fourth-order valence-corrected chi connectivity index (χ4v) is 2.35. The number of aromatic nitrogens is 3. The molecule has 0 bridgehead atoms. The van der Waals surface area contributed by atoms with Crippen LogP contribution in [0.15, 0.2) is 55.0 Å². The van der Waals surface area contributed by atoms with Crippen LogP contribution < -0.4 is 0 Å². The molecule has 0 aliphatic carbocycles. The van der Waals surface area contributed by atoms with E-state index in [9.17, 15) is 4.79 Å². The van der Waals surface area contributed by atoms with Crippen LogP contribution in [-0.4, -0.2) is 39.9 Å². The molecule has 0 saturated heterocycles. The summed E-state index contributed by atoms with van der Waals surface area (Å²) in [5, 5.41) is 0. The van der Waals surface area contributed by atoms with Gasteiger partial charge in [0.15, 0.2) is 5.82 Å². The maximum Gasteiger partial charge on any atom is 0.257 e. The first-order chi connectivity index (χ1) is 11.6. The molecule has 0 saturated carbocycles. The van der Waals surface area contributed by atoms with Crippen molar-refractivity contribution in [3.63, 3.8) is 0 Å². The van der Waals surface area contributed by atoms with Crippen LogP contribution in [-0.2, 0) is 0 Å². The Morgan fingerprint density at radius 1 is 0.958 bits per heavy atom. The molecule has 2 aromatic heterocycles. The molecule has 1 aromatic carbocycles. The number of amides is 1. The number of pyridine rings is 1. The average Bonchev–Trinajstić information content (AvgIpc) is 2.62. The van der Waals surface area contributed by atoms with E-state index in [0.717, 1.165) is 11.1 Å². The lowest BCUT2D eigenvalue weighted by Crippen LogP contribution is -2.23. The molecule has 24 heavy (non-hydrogen) atoms. The van der Waals surface area contributed by atoms with Crippen molar-refractivity contribution >= 4 is 5.91 Å². The van der Waals surface area contributed by atoms with Gasteiger partial charge in [-0.15, -0.1) is 0 Å². The number of rotatable bonds is 3. The number of aryl methyl sites for hydroxylation is 1. The van der Waals surface area contributed by atoms with Gasteiger partial charge in [-0.3, -0.25) is 9.78 Å². The number of nitrogens with zero attached hydrogens (tertiary/aromatic N) is 4. The first-order valence-corrected chi connectivity index (χ1v) is 7.62. The van der Waals surface area contributed by atoms with Crippen molar-refractivity contribution in [3.05, 3.63) is 66.1 Å². The summed E-state index contributed by atoms with van der Waals surface area (Å²) in [6.45, 7) is 2.03. The molecule has 0 spiro atoms. The predicted octanol–water partition coefficient (Wildman–Crippen LogP) is 3.22. The molecule has 5 heteroatoms. The van der Waals surface area contributed by atoms with Gasteiger partial charge in [-0.25, -0.2) is 9.97 Å². The average molecular weight is 318 g/mol. The minimum Gasteiger partial charge on any atom is -0.345 e. The quantitative estimate of drug-likeness (QED) is 0.744. The van der Waals surface area contributed by atoms with Crippen molar-refractivity contribution in [2.45, 2.75) is 6.92 Å². The van der Waals surface area contributed by atoms with Gasteiger partial charge in [0.25, 0.3) is 5.91 Å². The highest BCUT2D eigenvalue weighted by atomic mass is 16.2. The molecule has 5 nitrogen and oxygen atoms in total. The molecule has 0 fully saturated rings. The van der Waals surface area contributed by atoms with Gasteiger partial charge in [-0.2, -0.15) is 0 Å². The number of benzene rings is 1.